The lowest BCUT2D eigenvalue weighted by Crippen LogP contribution is -2.59. The van der Waals surface area contributed by atoms with Gasteiger partial charge in [-0.05, 0) is 111 Å². The Kier molecular flexibility index (Phi) is 12.0. The molecule has 1 saturated carbocycles. The Morgan fingerprint density at radius 3 is 2.83 bits per heavy atom. The second kappa shape index (κ2) is 17.6. The van der Waals surface area contributed by atoms with Crippen LogP contribution in [0.1, 0.15) is 83.5 Å². The summed E-state index contributed by atoms with van der Waals surface area (Å²) in [7, 11) is -3.69. The molecule has 9 unspecified atom stereocenters. The van der Waals surface area contributed by atoms with Crippen LogP contribution in [0.15, 0.2) is 65.2 Å². The van der Waals surface area contributed by atoms with Gasteiger partial charge in [-0.15, -0.1) is 4.36 Å². The van der Waals surface area contributed by atoms with Crippen LogP contribution in [-0.2, 0) is 44.4 Å². The maximum atomic E-state index is 15.2. The minimum Gasteiger partial charge on any atom is -0.490 e. The number of halogens is 1. The van der Waals surface area contributed by atoms with E-state index in [0.29, 0.717) is 56.6 Å². The monoisotopic (exact) mass is 900 g/mol. The van der Waals surface area contributed by atoms with Crippen LogP contribution < -0.4 is 14.4 Å². The number of hydrogen-bond donors (Lipinski definition) is 2. The number of nitrogens with zero attached hydrogens (tertiary/aromatic N) is 5. The number of aromatic nitrogens is 1. The molecule has 2 N–H and O–H groups in total. The van der Waals surface area contributed by atoms with Crippen molar-refractivity contribution in [1.82, 2.24) is 19.1 Å². The second-order valence-corrected chi connectivity index (χ2v) is 22.1. The standard InChI is InChI=1S/C48H61ClN6O7S/c1-31-5-3-7-44(56)41-11-8-35(41)22-55-29-48(14-4-6-33-19-37(49)10-12-42(33)48)30-62-45-13-9-34(21-43(45)55)46(57)50-63(59,32(31)2)51-47(58)36-20-38-28-61-40(26-54(38)23-36)25-52-15-16-53-17-18-60-27-39(53)24-52/h3,7,9-10,12-13,19-21,23,31-32,35,39-41,44,56H,4-6,8,11,14-18,22,24-30H2,1-2H3,(H,50,51,57,58,59)/b7-3+. The summed E-state index contributed by atoms with van der Waals surface area (Å²) in [6.45, 7) is 12.8. The number of anilines is 1. The third kappa shape index (κ3) is 8.61. The average molecular weight is 902 g/mol. The van der Waals surface area contributed by atoms with E-state index >= 15 is 4.21 Å². The summed E-state index contributed by atoms with van der Waals surface area (Å²) < 4.78 is 43.3. The number of nitrogens with one attached hydrogen (secondary N) is 1. The Hall–Kier alpha value is -3.76. The van der Waals surface area contributed by atoms with Gasteiger partial charge in [0.05, 0.1) is 55.1 Å². The van der Waals surface area contributed by atoms with Gasteiger partial charge in [-0.1, -0.05) is 36.7 Å². The van der Waals surface area contributed by atoms with Crippen LogP contribution in [0.4, 0.5) is 5.69 Å². The number of aliphatic hydroxyl groups excluding tert-OH is 1. The van der Waals surface area contributed by atoms with Crippen molar-refractivity contribution >= 4 is 39.0 Å². The maximum absolute atomic E-state index is 15.2. The fourth-order valence-electron chi connectivity index (χ4n) is 11.3. The molecule has 0 radical (unpaired) electrons. The number of hydrogen-bond acceptors (Lipinski definition) is 10. The molecule has 15 heteroatoms. The van der Waals surface area contributed by atoms with Gasteiger partial charge in [-0.25, -0.2) is 4.21 Å². The van der Waals surface area contributed by atoms with Crippen molar-refractivity contribution in [3.63, 3.8) is 0 Å². The Bertz CT molecular complexity index is 2400. The Balaban J connectivity index is 0.931. The van der Waals surface area contributed by atoms with E-state index in [1.54, 1.807) is 25.3 Å². The molecule has 3 aromatic rings. The van der Waals surface area contributed by atoms with E-state index in [1.165, 1.54) is 11.1 Å². The molecule has 63 heavy (non-hydrogen) atoms. The first-order chi connectivity index (χ1) is 30.4. The van der Waals surface area contributed by atoms with Crippen molar-refractivity contribution < 1.29 is 33.1 Å². The molecule has 6 heterocycles. The summed E-state index contributed by atoms with van der Waals surface area (Å²) in [5.74, 6) is -0.466. The zero-order valence-corrected chi connectivity index (χ0v) is 38.0. The minimum absolute atomic E-state index is 0.0398. The molecule has 10 rings (SSSR count). The number of rotatable bonds is 4. The van der Waals surface area contributed by atoms with E-state index in [-0.39, 0.29) is 34.8 Å². The normalized spacial score (nSPS) is 34.2. The van der Waals surface area contributed by atoms with Crippen molar-refractivity contribution in [2.75, 3.05) is 70.5 Å². The van der Waals surface area contributed by atoms with Gasteiger partial charge in [0.25, 0.3) is 11.8 Å². The molecule has 2 amide bonds. The van der Waals surface area contributed by atoms with E-state index in [4.69, 9.17) is 25.8 Å². The number of amides is 2. The first kappa shape index (κ1) is 43.1. The Morgan fingerprint density at radius 1 is 1.08 bits per heavy atom. The van der Waals surface area contributed by atoms with Crippen LogP contribution in [0.5, 0.6) is 5.75 Å². The first-order valence-corrected chi connectivity index (χ1v) is 25.0. The van der Waals surface area contributed by atoms with Crippen LogP contribution >= 0.6 is 11.6 Å². The van der Waals surface area contributed by atoms with Gasteiger partial charge in [-0.2, -0.15) is 0 Å². The van der Waals surface area contributed by atoms with Gasteiger partial charge >= 0.3 is 0 Å². The highest BCUT2D eigenvalue weighted by molar-refractivity contribution is 7.93. The number of piperazine rings is 1. The molecule has 1 aromatic heterocycles. The summed E-state index contributed by atoms with van der Waals surface area (Å²) in [5, 5.41) is 11.5. The van der Waals surface area contributed by atoms with Crippen molar-refractivity contribution in [2.24, 2.45) is 22.1 Å². The van der Waals surface area contributed by atoms with Crippen LogP contribution in [0.2, 0.25) is 5.02 Å². The van der Waals surface area contributed by atoms with Crippen molar-refractivity contribution in [3.8, 4) is 5.75 Å². The van der Waals surface area contributed by atoms with Gasteiger partial charge in [0.1, 0.15) is 15.7 Å². The van der Waals surface area contributed by atoms with E-state index in [0.717, 1.165) is 94.4 Å². The molecule has 2 bridgehead atoms. The molecule has 3 fully saturated rings. The number of allylic oxidation sites excluding steroid dienone is 1. The lowest BCUT2D eigenvalue weighted by molar-refractivity contribution is -0.0655. The summed E-state index contributed by atoms with van der Waals surface area (Å²) in [6.07, 6.45) is 10.3. The predicted octanol–water partition coefficient (Wildman–Crippen LogP) is 5.85. The van der Waals surface area contributed by atoms with Gasteiger partial charge in [0, 0.05) is 86.3 Å². The smallest absolute Gasteiger partial charge is 0.286 e. The summed E-state index contributed by atoms with van der Waals surface area (Å²) >= 11 is 6.49. The largest absolute Gasteiger partial charge is 0.490 e. The van der Waals surface area contributed by atoms with Crippen LogP contribution in [0.3, 0.4) is 0 Å². The lowest BCUT2D eigenvalue weighted by atomic mass is 9.68. The number of carbonyl (C=O) groups is 2. The zero-order chi connectivity index (χ0) is 43.5. The van der Waals surface area contributed by atoms with Gasteiger partial charge < -0.3 is 28.8 Å². The van der Waals surface area contributed by atoms with E-state index in [1.807, 2.05) is 37.3 Å². The third-order valence-electron chi connectivity index (χ3n) is 15.4. The molecule has 2 saturated heterocycles. The van der Waals surface area contributed by atoms with Gasteiger partial charge in [-0.3, -0.25) is 24.1 Å². The van der Waals surface area contributed by atoms with Gasteiger partial charge in [0.2, 0.25) is 0 Å². The van der Waals surface area contributed by atoms with Crippen LogP contribution in [0.25, 0.3) is 0 Å². The van der Waals surface area contributed by atoms with E-state index < -0.39 is 33.1 Å². The molecule has 9 atom stereocenters. The third-order valence-corrected chi connectivity index (χ3v) is 18.0. The molecule has 2 aromatic carbocycles. The maximum Gasteiger partial charge on any atom is 0.286 e. The highest BCUT2D eigenvalue weighted by Crippen LogP contribution is 2.47. The fraction of sp³-hybridized carbons (Fsp3) is 0.583. The van der Waals surface area contributed by atoms with E-state index in [9.17, 15) is 14.7 Å². The number of ether oxygens (including phenoxy) is 3. The average Bonchev–Trinajstić information content (AvgIpc) is 3.63. The number of morpholine rings is 1. The molecule has 13 nitrogen and oxygen atoms in total. The summed E-state index contributed by atoms with van der Waals surface area (Å²) in [6, 6.07) is 13.7. The number of aliphatic hydroxyl groups is 1. The minimum atomic E-state index is -3.69. The van der Waals surface area contributed by atoms with Crippen molar-refractivity contribution in [3.05, 3.63) is 93.8 Å². The summed E-state index contributed by atoms with van der Waals surface area (Å²) in [4.78, 5) is 35.9. The first-order valence-electron chi connectivity index (χ1n) is 23.1. The van der Waals surface area contributed by atoms with E-state index in [2.05, 4.69) is 40.5 Å². The van der Waals surface area contributed by atoms with Crippen LogP contribution in [0, 0.1) is 17.8 Å². The molecule has 5 aliphatic heterocycles. The number of aryl methyl sites for hydroxylation is 1. The molecule has 338 valence electrons. The van der Waals surface area contributed by atoms with Crippen molar-refractivity contribution in [2.45, 2.75) is 94.4 Å². The highest BCUT2D eigenvalue weighted by atomic mass is 35.5. The Morgan fingerprint density at radius 2 is 1.97 bits per heavy atom. The molecular weight excluding hydrogens is 840 g/mol. The molecular formula is C48H61ClN6O7S. The Labute approximate surface area is 376 Å². The quantitative estimate of drug-likeness (QED) is 0.307. The molecule has 7 aliphatic rings. The summed E-state index contributed by atoms with van der Waals surface area (Å²) in [5.41, 5.74) is 4.44. The molecule has 2 aliphatic carbocycles. The fourth-order valence-corrected chi connectivity index (χ4v) is 13.3. The number of carbonyl (C=O) groups excluding carboxylic acids is 2. The lowest BCUT2D eigenvalue weighted by Gasteiger charge is -2.45. The number of benzene rings is 2. The second-order valence-electron chi connectivity index (χ2n) is 19.4. The van der Waals surface area contributed by atoms with Crippen molar-refractivity contribution in [1.29, 1.82) is 0 Å². The SMILES string of the molecule is CC1C/C=C/C(O)C2CCC2CN2CC3(CCCc4cc(Cl)ccc43)COc3ccc(cc32)C(=O)N=S(=O)(NC(=O)c2cc3n(c2)CC(CN2CCN4CCOCC4C2)OC3)C1C. The van der Waals surface area contributed by atoms with Crippen LogP contribution in [-0.4, -0.2) is 125 Å². The predicted molar refractivity (Wildman–Crippen MR) is 243 cm³/mol. The zero-order valence-electron chi connectivity index (χ0n) is 36.5. The number of fused-ring (bicyclic) bond motifs is 6. The highest BCUT2D eigenvalue weighted by Gasteiger charge is 2.44. The topological polar surface area (TPSA) is 138 Å². The molecule has 1 spiro atoms. The van der Waals surface area contributed by atoms with Gasteiger partial charge in [0.15, 0.2) is 0 Å².